The van der Waals surface area contributed by atoms with Crippen LogP contribution in [0.4, 0.5) is 5.69 Å². The summed E-state index contributed by atoms with van der Waals surface area (Å²) in [6.45, 7) is 3.05. The highest BCUT2D eigenvalue weighted by Gasteiger charge is 2.04. The van der Waals surface area contributed by atoms with Gasteiger partial charge in [0.05, 0.1) is 17.6 Å². The summed E-state index contributed by atoms with van der Waals surface area (Å²) in [6.07, 6.45) is 1.86. The number of nitrogens with zero attached hydrogens (tertiary/aromatic N) is 2. The van der Waals surface area contributed by atoms with Crippen LogP contribution >= 0.6 is 0 Å². The van der Waals surface area contributed by atoms with Crippen molar-refractivity contribution in [3.8, 4) is 11.4 Å². The monoisotopic (exact) mass is 373 g/mol. The number of para-hydroxylation sites is 2. The van der Waals surface area contributed by atoms with E-state index in [0.717, 1.165) is 33.7 Å². The minimum atomic E-state index is 0.00918. The quantitative estimate of drug-likeness (QED) is 0.507. The number of aryl methyl sites for hydroxylation is 1. The van der Waals surface area contributed by atoms with E-state index < -0.39 is 0 Å². The molecule has 4 rings (SSSR count). The SMILES string of the molecule is Cc1cc(NCc2ccc(-n3cnc4ccccc43)cc2)cc(OCCO)c1. The Balaban J connectivity index is 1.46. The number of hydrogen-bond acceptors (Lipinski definition) is 4. The van der Waals surface area contributed by atoms with Crippen molar-refractivity contribution in [3.05, 3.63) is 84.2 Å². The zero-order valence-electron chi connectivity index (χ0n) is 15.8. The Morgan fingerprint density at radius 3 is 2.68 bits per heavy atom. The number of benzene rings is 3. The first-order valence-corrected chi connectivity index (χ1v) is 9.33. The third kappa shape index (κ3) is 4.00. The predicted molar refractivity (Wildman–Crippen MR) is 112 cm³/mol. The zero-order chi connectivity index (χ0) is 19.3. The molecule has 0 fully saturated rings. The second-order valence-electron chi connectivity index (χ2n) is 6.73. The molecule has 4 aromatic rings. The first kappa shape index (κ1) is 18.1. The average molecular weight is 373 g/mol. The molecule has 0 radical (unpaired) electrons. The summed E-state index contributed by atoms with van der Waals surface area (Å²) in [6, 6.07) is 22.6. The number of anilines is 1. The fourth-order valence-electron chi connectivity index (χ4n) is 3.24. The Morgan fingerprint density at radius 1 is 1.04 bits per heavy atom. The second kappa shape index (κ2) is 8.15. The van der Waals surface area contributed by atoms with E-state index >= 15 is 0 Å². The maximum atomic E-state index is 8.92. The molecule has 3 aromatic carbocycles. The number of rotatable bonds is 7. The first-order valence-electron chi connectivity index (χ1n) is 9.33. The van der Waals surface area contributed by atoms with E-state index in [1.807, 2.05) is 43.6 Å². The Bertz CT molecular complexity index is 1070. The van der Waals surface area contributed by atoms with Crippen LogP contribution in [-0.2, 0) is 6.54 Å². The first-order chi connectivity index (χ1) is 13.7. The van der Waals surface area contributed by atoms with Crippen LogP contribution in [0.2, 0.25) is 0 Å². The third-order valence-electron chi connectivity index (χ3n) is 4.58. The molecule has 0 unspecified atom stereocenters. The van der Waals surface area contributed by atoms with Gasteiger partial charge in [-0.2, -0.15) is 0 Å². The minimum Gasteiger partial charge on any atom is -0.491 e. The number of nitrogens with one attached hydrogen (secondary N) is 1. The van der Waals surface area contributed by atoms with E-state index in [1.54, 1.807) is 0 Å². The van der Waals surface area contributed by atoms with Gasteiger partial charge < -0.3 is 15.2 Å². The lowest BCUT2D eigenvalue weighted by molar-refractivity contribution is 0.201. The Morgan fingerprint density at radius 2 is 1.86 bits per heavy atom. The largest absolute Gasteiger partial charge is 0.491 e. The molecule has 28 heavy (non-hydrogen) atoms. The number of aromatic nitrogens is 2. The smallest absolute Gasteiger partial charge is 0.121 e. The molecular formula is C23H23N3O2. The molecule has 0 aliphatic carbocycles. The van der Waals surface area contributed by atoms with E-state index in [2.05, 4.69) is 51.3 Å². The van der Waals surface area contributed by atoms with Crippen molar-refractivity contribution in [2.75, 3.05) is 18.5 Å². The fourth-order valence-corrected chi connectivity index (χ4v) is 3.24. The van der Waals surface area contributed by atoms with Crippen LogP contribution in [0.25, 0.3) is 16.7 Å². The molecule has 0 saturated heterocycles. The van der Waals surface area contributed by atoms with E-state index in [0.29, 0.717) is 13.2 Å². The number of aliphatic hydroxyl groups excluding tert-OH is 1. The molecule has 2 N–H and O–H groups in total. The maximum absolute atomic E-state index is 8.92. The average Bonchev–Trinajstić information content (AvgIpc) is 3.15. The lowest BCUT2D eigenvalue weighted by atomic mass is 10.1. The van der Waals surface area contributed by atoms with Crippen molar-refractivity contribution in [2.45, 2.75) is 13.5 Å². The number of ether oxygens (including phenoxy) is 1. The van der Waals surface area contributed by atoms with Crippen LogP contribution in [0.3, 0.4) is 0 Å². The second-order valence-corrected chi connectivity index (χ2v) is 6.73. The summed E-state index contributed by atoms with van der Waals surface area (Å²) in [5.74, 6) is 0.763. The van der Waals surface area contributed by atoms with Gasteiger partial charge in [0, 0.05) is 24.0 Å². The van der Waals surface area contributed by atoms with Crippen LogP contribution in [0.1, 0.15) is 11.1 Å². The number of aliphatic hydroxyl groups is 1. The van der Waals surface area contributed by atoms with Crippen molar-refractivity contribution in [3.63, 3.8) is 0 Å². The van der Waals surface area contributed by atoms with Crippen molar-refractivity contribution < 1.29 is 9.84 Å². The summed E-state index contributed by atoms with van der Waals surface area (Å²) in [5.41, 5.74) is 6.48. The molecule has 0 bridgehead atoms. The standard InChI is InChI=1S/C23H23N3O2/c1-17-12-19(14-21(13-17)28-11-10-27)24-15-18-6-8-20(9-7-18)26-16-25-22-4-2-3-5-23(22)26/h2-9,12-14,16,24,27H,10-11,15H2,1H3. The predicted octanol–water partition coefficient (Wildman–Crippen LogP) is 4.32. The Kier molecular flexibility index (Phi) is 5.26. The molecule has 5 nitrogen and oxygen atoms in total. The van der Waals surface area contributed by atoms with Crippen LogP contribution in [0, 0.1) is 6.92 Å². The van der Waals surface area contributed by atoms with E-state index in [1.165, 1.54) is 5.56 Å². The highest BCUT2D eigenvalue weighted by atomic mass is 16.5. The molecule has 5 heteroatoms. The zero-order valence-corrected chi connectivity index (χ0v) is 15.8. The summed E-state index contributed by atoms with van der Waals surface area (Å²) in [5, 5.41) is 12.4. The number of fused-ring (bicyclic) bond motifs is 1. The summed E-state index contributed by atoms with van der Waals surface area (Å²) >= 11 is 0. The van der Waals surface area contributed by atoms with Crippen LogP contribution in [0.5, 0.6) is 5.75 Å². The summed E-state index contributed by atoms with van der Waals surface area (Å²) in [4.78, 5) is 4.45. The third-order valence-corrected chi connectivity index (χ3v) is 4.58. The maximum Gasteiger partial charge on any atom is 0.121 e. The highest BCUT2D eigenvalue weighted by molar-refractivity contribution is 5.77. The van der Waals surface area contributed by atoms with Crippen LogP contribution < -0.4 is 10.1 Å². The van der Waals surface area contributed by atoms with Gasteiger partial charge in [-0.25, -0.2) is 4.98 Å². The summed E-state index contributed by atoms with van der Waals surface area (Å²) in [7, 11) is 0. The van der Waals surface area contributed by atoms with Gasteiger partial charge >= 0.3 is 0 Å². The molecule has 0 aliphatic rings. The van der Waals surface area contributed by atoms with Crippen LogP contribution in [-0.4, -0.2) is 27.9 Å². The van der Waals surface area contributed by atoms with E-state index in [-0.39, 0.29) is 6.61 Å². The molecule has 0 amide bonds. The summed E-state index contributed by atoms with van der Waals surface area (Å²) < 4.78 is 7.62. The van der Waals surface area contributed by atoms with Crippen molar-refractivity contribution in [2.24, 2.45) is 0 Å². The molecule has 0 aliphatic heterocycles. The lowest BCUT2D eigenvalue weighted by Gasteiger charge is -2.12. The van der Waals surface area contributed by atoms with Gasteiger partial charge in [-0.3, -0.25) is 4.57 Å². The van der Waals surface area contributed by atoms with Crippen LogP contribution in [0.15, 0.2) is 73.1 Å². The molecule has 1 heterocycles. The minimum absolute atomic E-state index is 0.00918. The topological polar surface area (TPSA) is 59.3 Å². The number of hydrogen-bond donors (Lipinski definition) is 2. The molecule has 142 valence electrons. The lowest BCUT2D eigenvalue weighted by Crippen LogP contribution is -2.04. The molecular weight excluding hydrogens is 350 g/mol. The normalized spacial score (nSPS) is 10.9. The van der Waals surface area contributed by atoms with Gasteiger partial charge in [0.2, 0.25) is 0 Å². The number of imidazole rings is 1. The van der Waals surface area contributed by atoms with Crippen molar-refractivity contribution >= 4 is 16.7 Å². The Hall–Kier alpha value is -3.31. The fraction of sp³-hybridized carbons (Fsp3) is 0.174. The molecule has 1 aromatic heterocycles. The van der Waals surface area contributed by atoms with E-state index in [4.69, 9.17) is 9.84 Å². The van der Waals surface area contributed by atoms with E-state index in [9.17, 15) is 0 Å². The van der Waals surface area contributed by atoms with Gasteiger partial charge in [0.1, 0.15) is 18.7 Å². The van der Waals surface area contributed by atoms with Gasteiger partial charge in [-0.15, -0.1) is 0 Å². The van der Waals surface area contributed by atoms with Crippen molar-refractivity contribution in [1.29, 1.82) is 0 Å². The molecule has 0 saturated carbocycles. The van der Waals surface area contributed by atoms with Gasteiger partial charge in [-0.05, 0) is 54.4 Å². The van der Waals surface area contributed by atoms with Crippen molar-refractivity contribution in [1.82, 2.24) is 9.55 Å². The molecule has 0 spiro atoms. The highest BCUT2D eigenvalue weighted by Crippen LogP contribution is 2.22. The van der Waals surface area contributed by atoms with Gasteiger partial charge in [-0.1, -0.05) is 24.3 Å². The van der Waals surface area contributed by atoms with Gasteiger partial charge in [0.15, 0.2) is 0 Å². The Labute approximate surface area is 164 Å². The molecule has 0 atom stereocenters. The van der Waals surface area contributed by atoms with Gasteiger partial charge in [0.25, 0.3) is 0 Å².